The SMILES string of the molecule is COC(=O)CC(O)CC(O)C=Cc1c(-c2ccc(F)cc2)c(-c2ccc(F)cc2)c(C(=O)N(Cc2ccccc2)S(=O)(=O)N(C)C)n1C(C)C. The van der Waals surface area contributed by atoms with Gasteiger partial charge in [-0.15, -0.1) is 0 Å². The summed E-state index contributed by atoms with van der Waals surface area (Å²) in [7, 11) is -0.569. The van der Waals surface area contributed by atoms with Crippen LogP contribution in [0.25, 0.3) is 28.3 Å². The fourth-order valence-electron chi connectivity index (χ4n) is 5.57. The molecule has 0 spiro atoms. The van der Waals surface area contributed by atoms with Gasteiger partial charge in [0.15, 0.2) is 0 Å². The fourth-order valence-corrected chi connectivity index (χ4v) is 6.57. The molecule has 13 heteroatoms. The lowest BCUT2D eigenvalue weighted by Crippen LogP contribution is -2.44. The quantitative estimate of drug-likeness (QED) is 0.158. The minimum Gasteiger partial charge on any atom is -0.469 e. The van der Waals surface area contributed by atoms with Gasteiger partial charge >= 0.3 is 16.2 Å². The molecule has 0 fully saturated rings. The van der Waals surface area contributed by atoms with Crippen molar-refractivity contribution in [1.29, 1.82) is 0 Å². The van der Waals surface area contributed by atoms with Gasteiger partial charge in [0.25, 0.3) is 5.91 Å². The third kappa shape index (κ3) is 8.72. The van der Waals surface area contributed by atoms with Crippen LogP contribution in [0, 0.1) is 11.6 Å². The summed E-state index contributed by atoms with van der Waals surface area (Å²) in [6, 6.07) is 19.0. The van der Waals surface area contributed by atoms with Crippen molar-refractivity contribution < 1.29 is 41.7 Å². The van der Waals surface area contributed by atoms with Gasteiger partial charge in [-0.2, -0.15) is 12.7 Å². The maximum absolute atomic E-state index is 15.0. The van der Waals surface area contributed by atoms with Crippen molar-refractivity contribution >= 4 is 28.2 Å². The molecule has 2 N–H and O–H groups in total. The Morgan fingerprint density at radius 3 is 1.92 bits per heavy atom. The van der Waals surface area contributed by atoms with Crippen LogP contribution in [0.2, 0.25) is 0 Å². The molecule has 0 saturated heterocycles. The van der Waals surface area contributed by atoms with E-state index in [0.717, 1.165) is 8.61 Å². The number of hydrogen-bond donors (Lipinski definition) is 2. The first-order chi connectivity index (χ1) is 23.6. The molecule has 50 heavy (non-hydrogen) atoms. The Balaban J connectivity index is 2.06. The third-order valence-corrected chi connectivity index (χ3v) is 9.76. The van der Waals surface area contributed by atoms with Gasteiger partial charge in [0.05, 0.1) is 32.3 Å². The lowest BCUT2D eigenvalue weighted by atomic mass is 9.94. The van der Waals surface area contributed by atoms with E-state index in [9.17, 15) is 37.0 Å². The monoisotopic (exact) mass is 709 g/mol. The molecule has 4 rings (SSSR count). The summed E-state index contributed by atoms with van der Waals surface area (Å²) in [5, 5.41) is 21.2. The van der Waals surface area contributed by atoms with E-state index in [0.29, 0.717) is 27.9 Å². The Morgan fingerprint density at radius 2 is 1.42 bits per heavy atom. The van der Waals surface area contributed by atoms with Crippen LogP contribution >= 0.6 is 0 Å². The maximum Gasteiger partial charge on any atom is 0.308 e. The average Bonchev–Trinajstić information content (AvgIpc) is 3.42. The molecule has 0 radical (unpaired) electrons. The number of ether oxygens (including phenoxy) is 1. The van der Waals surface area contributed by atoms with E-state index in [1.807, 2.05) is 0 Å². The van der Waals surface area contributed by atoms with Crippen LogP contribution in [0.4, 0.5) is 8.78 Å². The molecule has 0 aliphatic carbocycles. The predicted molar refractivity (Wildman–Crippen MR) is 187 cm³/mol. The Bertz CT molecular complexity index is 1930. The van der Waals surface area contributed by atoms with Crippen molar-refractivity contribution in [2.45, 2.75) is 51.5 Å². The van der Waals surface area contributed by atoms with Crippen LogP contribution in [0.1, 0.15) is 54.5 Å². The minimum absolute atomic E-state index is 0.0489. The first-order valence-corrected chi connectivity index (χ1v) is 17.2. The summed E-state index contributed by atoms with van der Waals surface area (Å²) >= 11 is 0. The Kier molecular flexibility index (Phi) is 12.5. The highest BCUT2D eigenvalue weighted by Gasteiger charge is 2.37. The summed E-state index contributed by atoms with van der Waals surface area (Å²) in [6.07, 6.45) is -0.130. The number of hydrogen-bond acceptors (Lipinski definition) is 7. The number of esters is 1. The lowest BCUT2D eigenvalue weighted by Gasteiger charge is -2.27. The minimum atomic E-state index is -4.39. The number of aromatic nitrogens is 1. The van der Waals surface area contributed by atoms with Crippen LogP contribution in [0.5, 0.6) is 0 Å². The van der Waals surface area contributed by atoms with Gasteiger partial charge in [0, 0.05) is 43.4 Å². The van der Waals surface area contributed by atoms with Crippen molar-refractivity contribution in [1.82, 2.24) is 13.2 Å². The van der Waals surface area contributed by atoms with E-state index in [2.05, 4.69) is 4.74 Å². The van der Waals surface area contributed by atoms with E-state index in [1.165, 1.54) is 81.9 Å². The summed E-state index contributed by atoms with van der Waals surface area (Å²) in [4.78, 5) is 26.6. The van der Waals surface area contributed by atoms with Gasteiger partial charge in [-0.3, -0.25) is 9.59 Å². The highest BCUT2D eigenvalue weighted by atomic mass is 32.2. The van der Waals surface area contributed by atoms with Crippen molar-refractivity contribution in [3.8, 4) is 22.3 Å². The normalized spacial score (nSPS) is 13.2. The maximum atomic E-state index is 15.0. The van der Waals surface area contributed by atoms with Crippen LogP contribution < -0.4 is 0 Å². The standard InChI is InChI=1S/C37H41F2N3O7S/c1-24(2)42-32(20-19-30(43)21-31(44)22-33(45)49-5)34(26-11-15-28(38)16-12-26)35(27-13-17-29(39)18-14-27)36(42)37(46)41(50(47,48)40(3)4)23-25-9-7-6-8-10-25/h6-20,24,30-31,43-44H,21-23H2,1-5H3. The van der Waals surface area contributed by atoms with Crippen LogP contribution in [-0.2, 0) is 26.3 Å². The molecule has 10 nitrogen and oxygen atoms in total. The molecule has 2 atom stereocenters. The lowest BCUT2D eigenvalue weighted by molar-refractivity contribution is -0.143. The average molecular weight is 710 g/mol. The number of nitrogens with zero attached hydrogens (tertiary/aromatic N) is 3. The van der Waals surface area contributed by atoms with Crippen molar-refractivity contribution in [3.05, 3.63) is 114 Å². The van der Waals surface area contributed by atoms with E-state index < -0.39 is 52.0 Å². The number of aliphatic hydroxyl groups excluding tert-OH is 2. The van der Waals surface area contributed by atoms with Crippen molar-refractivity contribution in [2.75, 3.05) is 21.2 Å². The number of methoxy groups -OCH3 is 1. The fraction of sp³-hybridized carbons (Fsp3) is 0.297. The molecule has 4 aromatic rings. The zero-order valence-corrected chi connectivity index (χ0v) is 29.3. The molecular weight excluding hydrogens is 668 g/mol. The molecule has 266 valence electrons. The van der Waals surface area contributed by atoms with Gasteiger partial charge in [-0.25, -0.2) is 13.1 Å². The van der Waals surface area contributed by atoms with Gasteiger partial charge < -0.3 is 19.5 Å². The third-order valence-electron chi connectivity index (χ3n) is 7.98. The predicted octanol–water partition coefficient (Wildman–Crippen LogP) is 5.82. The molecule has 3 aromatic carbocycles. The second-order valence-corrected chi connectivity index (χ2v) is 14.2. The Labute approximate surface area is 291 Å². The number of carbonyl (C=O) groups is 2. The Hall–Kier alpha value is -4.69. The highest BCUT2D eigenvalue weighted by Crippen LogP contribution is 2.43. The van der Waals surface area contributed by atoms with E-state index in [4.69, 9.17) is 0 Å². The van der Waals surface area contributed by atoms with E-state index in [1.54, 1.807) is 48.7 Å². The van der Waals surface area contributed by atoms with Crippen molar-refractivity contribution in [2.24, 2.45) is 0 Å². The number of benzene rings is 3. The Morgan fingerprint density at radius 1 is 0.880 bits per heavy atom. The number of amides is 1. The number of aliphatic hydroxyl groups is 2. The van der Waals surface area contributed by atoms with E-state index in [-0.39, 0.29) is 30.6 Å². The van der Waals surface area contributed by atoms with Gasteiger partial charge in [0.2, 0.25) is 0 Å². The smallest absolute Gasteiger partial charge is 0.308 e. The molecule has 0 aliphatic rings. The molecule has 0 saturated carbocycles. The molecule has 0 bridgehead atoms. The first-order valence-electron chi connectivity index (χ1n) is 15.8. The second-order valence-electron chi connectivity index (χ2n) is 12.1. The molecule has 0 aliphatic heterocycles. The van der Waals surface area contributed by atoms with Gasteiger partial charge in [0.1, 0.15) is 17.3 Å². The van der Waals surface area contributed by atoms with Crippen LogP contribution in [0.15, 0.2) is 84.9 Å². The zero-order chi connectivity index (χ0) is 36.7. The summed E-state index contributed by atoms with van der Waals surface area (Å²) in [5.41, 5.74) is 2.30. The van der Waals surface area contributed by atoms with Gasteiger partial charge in [-0.05, 0) is 60.9 Å². The molecule has 1 amide bonds. The zero-order valence-electron chi connectivity index (χ0n) is 28.5. The molecule has 1 heterocycles. The topological polar surface area (TPSA) is 129 Å². The molecule has 1 aromatic heterocycles. The molecular formula is C37H41F2N3O7S. The molecule has 2 unspecified atom stereocenters. The second kappa shape index (κ2) is 16.3. The first kappa shape index (κ1) is 38.1. The highest BCUT2D eigenvalue weighted by molar-refractivity contribution is 7.87. The van der Waals surface area contributed by atoms with Gasteiger partial charge in [-0.1, -0.05) is 60.7 Å². The summed E-state index contributed by atoms with van der Waals surface area (Å²) in [6.45, 7) is 3.27. The largest absolute Gasteiger partial charge is 0.469 e. The van der Waals surface area contributed by atoms with E-state index >= 15 is 0 Å². The van der Waals surface area contributed by atoms with Crippen LogP contribution in [0.3, 0.4) is 0 Å². The number of rotatable bonds is 14. The van der Waals surface area contributed by atoms with Crippen molar-refractivity contribution in [3.63, 3.8) is 0 Å². The van der Waals surface area contributed by atoms with Crippen LogP contribution in [-0.4, -0.2) is 77.1 Å². The summed E-state index contributed by atoms with van der Waals surface area (Å²) < 4.78 is 64.2. The number of halogens is 2. The number of carbonyl (C=O) groups excluding carboxylic acids is 2. The summed E-state index contributed by atoms with van der Waals surface area (Å²) in [5.74, 6) is -2.59.